The van der Waals surface area contributed by atoms with Crippen molar-refractivity contribution in [1.29, 1.82) is 0 Å². The molecule has 1 aliphatic rings. The Labute approximate surface area is 173 Å². The Morgan fingerprint density at radius 1 is 0.424 bits per heavy atom. The normalized spacial score (nSPS) is 15.6. The van der Waals surface area contributed by atoms with Gasteiger partial charge in [-0.15, -0.1) is 0 Å². The van der Waals surface area contributed by atoms with Crippen molar-refractivity contribution in [1.82, 2.24) is 0 Å². The highest BCUT2D eigenvalue weighted by Gasteiger charge is 2.54. The van der Waals surface area contributed by atoms with Crippen LogP contribution in [0, 0.1) is 46.5 Å². The number of hydrogen-bond acceptors (Lipinski definition) is 0. The topological polar surface area (TPSA) is 0 Å². The van der Waals surface area contributed by atoms with Crippen LogP contribution in [0.5, 0.6) is 0 Å². The standard InChI is InChI=1S/C19H4F14/c20-9-5(7(18(28,29)30)11(22)15(26)13(9)24)17(3-1-2-4-17)6-8(19(31,32)33)12(23)16(27)14(25)10(6)21/h1-4H. The first kappa shape index (κ1) is 24.6. The Balaban J connectivity index is 2.69. The maximum absolute atomic E-state index is 14.6. The number of rotatable bonds is 2. The van der Waals surface area contributed by atoms with Crippen LogP contribution in [0.4, 0.5) is 61.5 Å². The maximum atomic E-state index is 14.6. The third-order valence-corrected chi connectivity index (χ3v) is 4.76. The van der Waals surface area contributed by atoms with Crippen LogP contribution in [0.25, 0.3) is 0 Å². The highest BCUT2D eigenvalue weighted by molar-refractivity contribution is 5.60. The molecule has 0 saturated heterocycles. The Kier molecular flexibility index (Phi) is 5.57. The fourth-order valence-electron chi connectivity index (χ4n) is 3.50. The van der Waals surface area contributed by atoms with E-state index in [9.17, 15) is 61.5 Å². The zero-order chi connectivity index (χ0) is 25.3. The molecule has 14 heteroatoms. The molecule has 0 nitrogen and oxygen atoms in total. The van der Waals surface area contributed by atoms with Crippen molar-refractivity contribution in [3.8, 4) is 0 Å². The van der Waals surface area contributed by atoms with Gasteiger partial charge in [0.25, 0.3) is 0 Å². The van der Waals surface area contributed by atoms with Gasteiger partial charge in [0.15, 0.2) is 46.5 Å². The van der Waals surface area contributed by atoms with Crippen LogP contribution in [0.3, 0.4) is 0 Å². The van der Waals surface area contributed by atoms with Gasteiger partial charge >= 0.3 is 12.4 Å². The van der Waals surface area contributed by atoms with Gasteiger partial charge in [-0.2, -0.15) is 26.3 Å². The zero-order valence-corrected chi connectivity index (χ0v) is 15.1. The monoisotopic (exact) mass is 498 g/mol. The lowest BCUT2D eigenvalue weighted by Crippen LogP contribution is -2.34. The molecule has 0 saturated carbocycles. The second-order valence-electron chi connectivity index (χ2n) is 6.59. The van der Waals surface area contributed by atoms with E-state index in [2.05, 4.69) is 0 Å². The summed E-state index contributed by atoms with van der Waals surface area (Å²) in [4.78, 5) is 0. The van der Waals surface area contributed by atoms with E-state index in [1.165, 1.54) is 0 Å². The molecule has 178 valence electrons. The molecule has 2 aromatic carbocycles. The van der Waals surface area contributed by atoms with E-state index >= 15 is 0 Å². The minimum Gasteiger partial charge on any atom is -0.203 e. The SMILES string of the molecule is Fc1c(F)c(F)c(C2(c3c(F)c(F)c(F)c(F)c3C(F)(F)F)C=CC=C2)c(C(F)(F)F)c1F. The molecule has 0 atom stereocenters. The smallest absolute Gasteiger partial charge is 0.203 e. The molecule has 0 heterocycles. The third-order valence-electron chi connectivity index (χ3n) is 4.76. The van der Waals surface area contributed by atoms with E-state index in [-0.39, 0.29) is 12.2 Å². The van der Waals surface area contributed by atoms with Crippen molar-refractivity contribution >= 4 is 0 Å². The molecule has 0 N–H and O–H groups in total. The van der Waals surface area contributed by atoms with Gasteiger partial charge in [-0.25, -0.2) is 35.1 Å². The first-order valence-corrected chi connectivity index (χ1v) is 8.22. The van der Waals surface area contributed by atoms with Crippen LogP contribution >= 0.6 is 0 Å². The van der Waals surface area contributed by atoms with Gasteiger partial charge in [0.2, 0.25) is 0 Å². The van der Waals surface area contributed by atoms with Crippen LogP contribution in [-0.2, 0) is 17.8 Å². The quantitative estimate of drug-likeness (QED) is 0.233. The largest absolute Gasteiger partial charge is 0.419 e. The fourth-order valence-corrected chi connectivity index (χ4v) is 3.50. The van der Waals surface area contributed by atoms with E-state index in [0.717, 1.165) is 0 Å². The second-order valence-corrected chi connectivity index (χ2v) is 6.59. The van der Waals surface area contributed by atoms with Crippen LogP contribution < -0.4 is 0 Å². The molecule has 0 spiro atoms. The average molecular weight is 498 g/mol. The Morgan fingerprint density at radius 2 is 0.697 bits per heavy atom. The lowest BCUT2D eigenvalue weighted by molar-refractivity contribution is -0.142. The lowest BCUT2D eigenvalue weighted by Gasteiger charge is -2.33. The first-order valence-electron chi connectivity index (χ1n) is 8.22. The van der Waals surface area contributed by atoms with E-state index in [4.69, 9.17) is 0 Å². The summed E-state index contributed by atoms with van der Waals surface area (Å²) in [6.45, 7) is 0. The molecule has 1 aliphatic carbocycles. The van der Waals surface area contributed by atoms with Crippen molar-refractivity contribution in [3.05, 3.63) is 93.1 Å². The lowest BCUT2D eigenvalue weighted by atomic mass is 9.71. The van der Waals surface area contributed by atoms with Crippen LogP contribution in [0.15, 0.2) is 24.3 Å². The summed E-state index contributed by atoms with van der Waals surface area (Å²) in [7, 11) is 0. The van der Waals surface area contributed by atoms with Crippen LogP contribution in [-0.4, -0.2) is 0 Å². The van der Waals surface area contributed by atoms with E-state index < -0.39 is 86.6 Å². The number of alkyl halides is 6. The Hall–Kier alpha value is -3.06. The molecular weight excluding hydrogens is 494 g/mol. The van der Waals surface area contributed by atoms with Crippen molar-refractivity contribution in [3.63, 3.8) is 0 Å². The number of allylic oxidation sites excluding steroid dienone is 4. The Morgan fingerprint density at radius 3 is 0.970 bits per heavy atom. The molecule has 0 radical (unpaired) electrons. The summed E-state index contributed by atoms with van der Waals surface area (Å²) in [6.07, 6.45) is -11.1. The van der Waals surface area contributed by atoms with Crippen LogP contribution in [0.1, 0.15) is 22.3 Å². The van der Waals surface area contributed by atoms with Gasteiger partial charge < -0.3 is 0 Å². The summed E-state index contributed by atoms with van der Waals surface area (Å²) < 4.78 is 194. The highest BCUT2D eigenvalue weighted by atomic mass is 19.4. The molecular formula is C19H4F14. The molecule has 33 heavy (non-hydrogen) atoms. The predicted octanol–water partition coefficient (Wildman–Crippen LogP) is 7.25. The molecule has 0 fully saturated rings. The zero-order valence-electron chi connectivity index (χ0n) is 15.1. The van der Waals surface area contributed by atoms with Gasteiger partial charge in [0, 0.05) is 11.1 Å². The van der Waals surface area contributed by atoms with Crippen molar-refractivity contribution in [2.45, 2.75) is 17.8 Å². The molecule has 2 aromatic rings. The van der Waals surface area contributed by atoms with Crippen molar-refractivity contribution in [2.24, 2.45) is 0 Å². The number of hydrogen-bond donors (Lipinski definition) is 0. The predicted molar refractivity (Wildman–Crippen MR) is 81.6 cm³/mol. The molecule has 0 aromatic heterocycles. The maximum Gasteiger partial charge on any atom is 0.419 e. The summed E-state index contributed by atoms with van der Waals surface area (Å²) in [6, 6.07) is 0. The summed E-state index contributed by atoms with van der Waals surface area (Å²) in [5.74, 6) is -24.0. The summed E-state index contributed by atoms with van der Waals surface area (Å²) in [5.41, 5.74) is -14.7. The minimum absolute atomic E-state index is 0.0852. The molecule has 0 bridgehead atoms. The average Bonchev–Trinajstić information content (AvgIpc) is 3.18. The van der Waals surface area contributed by atoms with E-state index in [0.29, 0.717) is 12.2 Å². The number of halogens is 14. The Bertz CT molecular complexity index is 1120. The highest BCUT2D eigenvalue weighted by Crippen LogP contribution is 2.52. The van der Waals surface area contributed by atoms with Gasteiger partial charge in [-0.3, -0.25) is 0 Å². The van der Waals surface area contributed by atoms with Gasteiger partial charge in [-0.1, -0.05) is 24.3 Å². The first-order chi connectivity index (χ1) is 15.0. The summed E-state index contributed by atoms with van der Waals surface area (Å²) in [5, 5.41) is 0. The molecule has 0 aliphatic heterocycles. The summed E-state index contributed by atoms with van der Waals surface area (Å²) >= 11 is 0. The van der Waals surface area contributed by atoms with Crippen molar-refractivity contribution < 1.29 is 61.5 Å². The van der Waals surface area contributed by atoms with Gasteiger partial charge in [-0.05, 0) is 0 Å². The second kappa shape index (κ2) is 7.48. The third kappa shape index (κ3) is 3.46. The molecule has 3 rings (SSSR count). The van der Waals surface area contributed by atoms with Gasteiger partial charge in [0.05, 0.1) is 5.41 Å². The van der Waals surface area contributed by atoms with E-state index in [1.54, 1.807) is 0 Å². The number of benzene rings is 2. The molecule has 0 unspecified atom stereocenters. The van der Waals surface area contributed by atoms with Crippen molar-refractivity contribution in [2.75, 3.05) is 0 Å². The molecule has 0 amide bonds. The fraction of sp³-hybridized carbons (Fsp3) is 0.158. The van der Waals surface area contributed by atoms with E-state index in [1.807, 2.05) is 0 Å². The minimum atomic E-state index is -6.14. The van der Waals surface area contributed by atoms with Crippen LogP contribution in [0.2, 0.25) is 0 Å². The van der Waals surface area contributed by atoms with Gasteiger partial charge in [0.1, 0.15) is 11.1 Å².